The molecule has 19 heavy (non-hydrogen) atoms. The summed E-state index contributed by atoms with van der Waals surface area (Å²) in [6.07, 6.45) is 3.96. The Kier molecular flexibility index (Phi) is 4.36. The third kappa shape index (κ3) is 3.79. The number of nitrogens with zero attached hydrogens (tertiary/aromatic N) is 1. The number of hydrogen-bond acceptors (Lipinski definition) is 3. The Morgan fingerprint density at radius 3 is 2.53 bits per heavy atom. The van der Waals surface area contributed by atoms with Crippen molar-refractivity contribution in [2.45, 2.75) is 72.9 Å². The third-order valence-corrected chi connectivity index (χ3v) is 5.46. The Hall–Kier alpha value is -0.410. The lowest BCUT2D eigenvalue weighted by Gasteiger charge is -2.40. The maximum atomic E-state index is 4.55. The third-order valence-electron chi connectivity index (χ3n) is 4.21. The van der Waals surface area contributed by atoms with Crippen LogP contribution >= 0.6 is 11.3 Å². The molecule has 1 aliphatic rings. The molecule has 1 aliphatic carbocycles. The molecule has 0 aromatic carbocycles. The number of thiazole rings is 1. The highest BCUT2D eigenvalue weighted by Gasteiger charge is 2.32. The Morgan fingerprint density at radius 2 is 2.00 bits per heavy atom. The number of aryl methyl sites for hydroxylation is 2. The molecule has 1 fully saturated rings. The first-order valence-electron chi connectivity index (χ1n) is 7.47. The van der Waals surface area contributed by atoms with Crippen LogP contribution in [0.4, 0.5) is 0 Å². The fourth-order valence-electron chi connectivity index (χ4n) is 3.85. The Bertz CT molecular complexity index is 436. The molecule has 3 atom stereocenters. The Labute approximate surface area is 122 Å². The number of hydrogen-bond donors (Lipinski definition) is 1. The van der Waals surface area contributed by atoms with Crippen LogP contribution in [-0.4, -0.2) is 11.0 Å². The summed E-state index contributed by atoms with van der Waals surface area (Å²) in [5, 5.41) is 5.02. The lowest BCUT2D eigenvalue weighted by Crippen LogP contribution is -2.41. The number of aromatic nitrogens is 1. The van der Waals surface area contributed by atoms with E-state index in [4.69, 9.17) is 0 Å². The van der Waals surface area contributed by atoms with Gasteiger partial charge >= 0.3 is 0 Å². The molecule has 0 aliphatic heterocycles. The molecule has 3 heteroatoms. The average Bonchev–Trinajstić information content (AvgIpc) is 2.54. The fourth-order valence-corrected chi connectivity index (χ4v) is 4.79. The van der Waals surface area contributed by atoms with Gasteiger partial charge in [-0.1, -0.05) is 20.8 Å². The molecule has 1 saturated carbocycles. The van der Waals surface area contributed by atoms with Gasteiger partial charge in [0.2, 0.25) is 0 Å². The molecule has 0 bridgehead atoms. The molecule has 1 heterocycles. The molecule has 0 saturated heterocycles. The highest BCUT2D eigenvalue weighted by Crippen LogP contribution is 2.39. The molecular formula is C16H28N2S. The largest absolute Gasteiger partial charge is 0.307 e. The summed E-state index contributed by atoms with van der Waals surface area (Å²) < 4.78 is 0. The van der Waals surface area contributed by atoms with Crippen LogP contribution in [0, 0.1) is 25.2 Å². The predicted octanol–water partition coefficient (Wildman–Crippen LogP) is 4.63. The molecular weight excluding hydrogens is 252 g/mol. The SMILES string of the molecule is Cc1nc(C)c(C(C)NC2CC(C)CC(C)(C)C2)s1. The zero-order valence-corrected chi connectivity index (χ0v) is 14.0. The summed E-state index contributed by atoms with van der Waals surface area (Å²) in [6.45, 7) is 13.7. The highest BCUT2D eigenvalue weighted by molar-refractivity contribution is 7.11. The van der Waals surface area contributed by atoms with Crippen molar-refractivity contribution in [3.8, 4) is 0 Å². The van der Waals surface area contributed by atoms with E-state index >= 15 is 0 Å². The molecule has 2 rings (SSSR count). The normalized spacial score (nSPS) is 28.3. The molecule has 0 amide bonds. The molecule has 0 radical (unpaired) electrons. The van der Waals surface area contributed by atoms with E-state index in [1.165, 1.54) is 34.8 Å². The van der Waals surface area contributed by atoms with Crippen LogP contribution in [0.1, 0.15) is 68.6 Å². The lowest BCUT2D eigenvalue weighted by atomic mass is 9.70. The standard InChI is InChI=1S/C16H28N2S/c1-10-7-14(9-16(5,6)8-10)18-12(3)15-11(2)17-13(4)19-15/h10,12,14,18H,7-9H2,1-6H3. The van der Waals surface area contributed by atoms with E-state index in [-0.39, 0.29) is 0 Å². The van der Waals surface area contributed by atoms with E-state index < -0.39 is 0 Å². The minimum absolute atomic E-state index is 0.428. The van der Waals surface area contributed by atoms with Gasteiger partial charge in [0, 0.05) is 17.0 Å². The van der Waals surface area contributed by atoms with Crippen LogP contribution in [0.5, 0.6) is 0 Å². The average molecular weight is 280 g/mol. The van der Waals surface area contributed by atoms with Gasteiger partial charge in [-0.15, -0.1) is 11.3 Å². The first-order chi connectivity index (χ1) is 8.77. The van der Waals surface area contributed by atoms with Crippen LogP contribution in [0.15, 0.2) is 0 Å². The van der Waals surface area contributed by atoms with E-state index in [0.29, 0.717) is 17.5 Å². The van der Waals surface area contributed by atoms with E-state index in [0.717, 1.165) is 5.92 Å². The van der Waals surface area contributed by atoms with Gasteiger partial charge in [-0.05, 0) is 51.4 Å². The summed E-state index contributed by atoms with van der Waals surface area (Å²) in [4.78, 5) is 5.96. The van der Waals surface area contributed by atoms with Gasteiger partial charge in [0.05, 0.1) is 10.7 Å². The van der Waals surface area contributed by atoms with Crippen molar-refractivity contribution >= 4 is 11.3 Å². The molecule has 1 N–H and O–H groups in total. The van der Waals surface area contributed by atoms with E-state index in [1.807, 2.05) is 11.3 Å². The van der Waals surface area contributed by atoms with Crippen molar-refractivity contribution in [3.63, 3.8) is 0 Å². The maximum absolute atomic E-state index is 4.55. The van der Waals surface area contributed by atoms with Gasteiger partial charge in [0.1, 0.15) is 0 Å². The van der Waals surface area contributed by atoms with Gasteiger partial charge in [-0.2, -0.15) is 0 Å². The molecule has 108 valence electrons. The fraction of sp³-hybridized carbons (Fsp3) is 0.812. The minimum Gasteiger partial charge on any atom is -0.307 e. The van der Waals surface area contributed by atoms with E-state index in [2.05, 4.69) is 51.8 Å². The molecule has 3 unspecified atom stereocenters. The monoisotopic (exact) mass is 280 g/mol. The van der Waals surface area contributed by atoms with Crippen molar-refractivity contribution in [1.82, 2.24) is 10.3 Å². The van der Waals surface area contributed by atoms with Crippen LogP contribution in [0.2, 0.25) is 0 Å². The predicted molar refractivity (Wildman–Crippen MR) is 83.7 cm³/mol. The van der Waals surface area contributed by atoms with Crippen LogP contribution in [0.25, 0.3) is 0 Å². The Balaban J connectivity index is 2.02. The summed E-state index contributed by atoms with van der Waals surface area (Å²) in [5.74, 6) is 0.831. The second kappa shape index (κ2) is 5.53. The molecule has 1 aromatic rings. The second-order valence-electron chi connectivity index (χ2n) is 7.18. The Morgan fingerprint density at radius 1 is 1.32 bits per heavy atom. The zero-order chi connectivity index (χ0) is 14.2. The van der Waals surface area contributed by atoms with E-state index in [1.54, 1.807) is 0 Å². The van der Waals surface area contributed by atoms with Crippen LogP contribution in [0.3, 0.4) is 0 Å². The van der Waals surface area contributed by atoms with Gasteiger partial charge in [-0.3, -0.25) is 0 Å². The topological polar surface area (TPSA) is 24.9 Å². The quantitative estimate of drug-likeness (QED) is 0.873. The number of rotatable bonds is 3. The first kappa shape index (κ1) is 15.0. The summed E-state index contributed by atoms with van der Waals surface area (Å²) in [6, 6.07) is 1.08. The van der Waals surface area contributed by atoms with Crippen LogP contribution in [-0.2, 0) is 0 Å². The van der Waals surface area contributed by atoms with Gasteiger partial charge in [0.25, 0.3) is 0 Å². The molecule has 1 aromatic heterocycles. The van der Waals surface area contributed by atoms with Crippen molar-refractivity contribution in [3.05, 3.63) is 15.6 Å². The van der Waals surface area contributed by atoms with Crippen LogP contribution < -0.4 is 5.32 Å². The number of nitrogens with one attached hydrogen (secondary N) is 1. The van der Waals surface area contributed by atoms with E-state index in [9.17, 15) is 0 Å². The van der Waals surface area contributed by atoms with Crippen molar-refractivity contribution in [2.75, 3.05) is 0 Å². The van der Waals surface area contributed by atoms with Crippen molar-refractivity contribution in [1.29, 1.82) is 0 Å². The van der Waals surface area contributed by atoms with Crippen molar-refractivity contribution in [2.24, 2.45) is 11.3 Å². The first-order valence-corrected chi connectivity index (χ1v) is 8.28. The summed E-state index contributed by atoms with van der Waals surface area (Å²) in [7, 11) is 0. The van der Waals surface area contributed by atoms with Gasteiger partial charge in [0.15, 0.2) is 0 Å². The highest BCUT2D eigenvalue weighted by atomic mass is 32.1. The second-order valence-corrected chi connectivity index (χ2v) is 8.42. The molecule has 0 spiro atoms. The van der Waals surface area contributed by atoms with Gasteiger partial charge < -0.3 is 5.32 Å². The smallest absolute Gasteiger partial charge is 0.0900 e. The van der Waals surface area contributed by atoms with Crippen molar-refractivity contribution < 1.29 is 0 Å². The molecule has 2 nitrogen and oxygen atoms in total. The van der Waals surface area contributed by atoms with Gasteiger partial charge in [-0.25, -0.2) is 4.98 Å². The summed E-state index contributed by atoms with van der Waals surface area (Å²) in [5.41, 5.74) is 1.68. The zero-order valence-electron chi connectivity index (χ0n) is 13.2. The maximum Gasteiger partial charge on any atom is 0.0900 e. The summed E-state index contributed by atoms with van der Waals surface area (Å²) >= 11 is 1.84. The minimum atomic E-state index is 0.428. The lowest BCUT2D eigenvalue weighted by molar-refractivity contribution is 0.146.